The van der Waals surface area contributed by atoms with Crippen molar-refractivity contribution in [2.45, 2.75) is 13.0 Å². The van der Waals surface area contributed by atoms with Gasteiger partial charge in [0.25, 0.3) is 5.91 Å². The minimum absolute atomic E-state index is 0.0227. The van der Waals surface area contributed by atoms with E-state index in [0.29, 0.717) is 22.8 Å². The molecule has 124 valence electrons. The van der Waals surface area contributed by atoms with Crippen LogP contribution in [0.1, 0.15) is 17.3 Å². The summed E-state index contributed by atoms with van der Waals surface area (Å²) in [6, 6.07) is 13.1. The standard InChI is InChI=1S/C18H17ClN2O3/c1-12-10-21(16-8-3-2-7-15(16)19)17(23)11-20(12)18(24)13-5-4-6-14(22)9-13/h2-9,12,22H,10-11H2,1H3/t12-/m1/s1. The van der Waals surface area contributed by atoms with Gasteiger partial charge in [0.05, 0.1) is 10.7 Å². The fraction of sp³-hybridized carbons (Fsp3) is 0.222. The Morgan fingerprint density at radius 2 is 1.96 bits per heavy atom. The molecule has 0 radical (unpaired) electrons. The largest absolute Gasteiger partial charge is 0.508 e. The highest BCUT2D eigenvalue weighted by atomic mass is 35.5. The molecule has 1 aliphatic heterocycles. The second kappa shape index (κ2) is 6.53. The first-order valence-electron chi connectivity index (χ1n) is 7.62. The Morgan fingerprint density at radius 3 is 2.67 bits per heavy atom. The number of phenols is 1. The summed E-state index contributed by atoms with van der Waals surface area (Å²) < 4.78 is 0. The fourth-order valence-electron chi connectivity index (χ4n) is 2.83. The Hall–Kier alpha value is -2.53. The quantitative estimate of drug-likeness (QED) is 0.911. The van der Waals surface area contributed by atoms with Gasteiger partial charge in [-0.2, -0.15) is 0 Å². The van der Waals surface area contributed by atoms with Crippen LogP contribution in [0.2, 0.25) is 5.02 Å². The van der Waals surface area contributed by atoms with Gasteiger partial charge in [0, 0.05) is 18.2 Å². The maximum atomic E-state index is 12.6. The van der Waals surface area contributed by atoms with Crippen LogP contribution in [0.15, 0.2) is 48.5 Å². The molecule has 0 unspecified atom stereocenters. The highest BCUT2D eigenvalue weighted by Crippen LogP contribution is 2.28. The average Bonchev–Trinajstić information content (AvgIpc) is 2.56. The van der Waals surface area contributed by atoms with Gasteiger partial charge < -0.3 is 14.9 Å². The van der Waals surface area contributed by atoms with Crippen LogP contribution < -0.4 is 4.90 Å². The average molecular weight is 345 g/mol. The lowest BCUT2D eigenvalue weighted by molar-refractivity contribution is -0.121. The molecule has 2 aromatic carbocycles. The summed E-state index contributed by atoms with van der Waals surface area (Å²) in [5, 5.41) is 10.0. The van der Waals surface area contributed by atoms with Gasteiger partial charge in [0.1, 0.15) is 12.3 Å². The maximum absolute atomic E-state index is 12.6. The van der Waals surface area contributed by atoms with Crippen molar-refractivity contribution in [2.75, 3.05) is 18.0 Å². The third-order valence-corrected chi connectivity index (χ3v) is 4.40. The van der Waals surface area contributed by atoms with E-state index in [-0.39, 0.29) is 30.2 Å². The Balaban J connectivity index is 1.82. The first-order chi connectivity index (χ1) is 11.5. The Bertz CT molecular complexity index is 793. The maximum Gasteiger partial charge on any atom is 0.254 e. The zero-order chi connectivity index (χ0) is 17.3. The van der Waals surface area contributed by atoms with Gasteiger partial charge in [-0.3, -0.25) is 9.59 Å². The van der Waals surface area contributed by atoms with Crippen LogP contribution in [0, 0.1) is 0 Å². The number of hydrogen-bond donors (Lipinski definition) is 1. The van der Waals surface area contributed by atoms with Gasteiger partial charge in [-0.1, -0.05) is 29.8 Å². The third-order valence-electron chi connectivity index (χ3n) is 4.08. The number of carbonyl (C=O) groups excluding carboxylic acids is 2. The van der Waals surface area contributed by atoms with Crippen molar-refractivity contribution in [1.82, 2.24) is 4.90 Å². The minimum atomic E-state index is -0.273. The molecule has 0 spiro atoms. The molecular formula is C18H17ClN2O3. The van der Waals surface area contributed by atoms with E-state index in [1.807, 2.05) is 13.0 Å². The molecule has 3 rings (SSSR count). The molecule has 0 saturated carbocycles. The topological polar surface area (TPSA) is 60.9 Å². The number of amides is 2. The molecule has 5 nitrogen and oxygen atoms in total. The van der Waals surface area contributed by atoms with Gasteiger partial charge >= 0.3 is 0 Å². The Kier molecular flexibility index (Phi) is 4.44. The molecule has 1 fully saturated rings. The van der Waals surface area contributed by atoms with Crippen LogP contribution in [-0.2, 0) is 4.79 Å². The Labute approximate surface area is 145 Å². The lowest BCUT2D eigenvalue weighted by Gasteiger charge is -2.39. The molecule has 6 heteroatoms. The molecular weight excluding hydrogens is 328 g/mol. The predicted molar refractivity (Wildman–Crippen MR) is 92.4 cm³/mol. The summed E-state index contributed by atoms with van der Waals surface area (Å²) >= 11 is 6.18. The number of carbonyl (C=O) groups is 2. The van der Waals surface area contributed by atoms with Crippen LogP contribution in [0.3, 0.4) is 0 Å². The van der Waals surface area contributed by atoms with Crippen LogP contribution in [0.4, 0.5) is 5.69 Å². The third kappa shape index (κ3) is 3.08. The number of rotatable bonds is 2. The molecule has 1 atom stereocenters. The lowest BCUT2D eigenvalue weighted by Crippen LogP contribution is -2.57. The zero-order valence-electron chi connectivity index (χ0n) is 13.1. The number of aromatic hydroxyl groups is 1. The van der Waals surface area contributed by atoms with Gasteiger partial charge in [0.2, 0.25) is 5.91 Å². The highest BCUT2D eigenvalue weighted by molar-refractivity contribution is 6.33. The summed E-state index contributed by atoms with van der Waals surface area (Å²) in [7, 11) is 0. The van der Waals surface area contributed by atoms with Crippen LogP contribution in [0.5, 0.6) is 5.75 Å². The highest BCUT2D eigenvalue weighted by Gasteiger charge is 2.34. The molecule has 1 N–H and O–H groups in total. The molecule has 2 amide bonds. The fourth-order valence-corrected chi connectivity index (χ4v) is 3.07. The summed E-state index contributed by atoms with van der Waals surface area (Å²) in [4.78, 5) is 28.3. The number of nitrogens with zero attached hydrogens (tertiary/aromatic N) is 2. The lowest BCUT2D eigenvalue weighted by atomic mass is 10.1. The smallest absolute Gasteiger partial charge is 0.254 e. The van der Waals surface area contributed by atoms with E-state index in [4.69, 9.17) is 11.6 Å². The van der Waals surface area contributed by atoms with Crippen molar-refractivity contribution >= 4 is 29.1 Å². The first kappa shape index (κ1) is 16.3. The van der Waals surface area contributed by atoms with Gasteiger partial charge in [-0.15, -0.1) is 0 Å². The van der Waals surface area contributed by atoms with E-state index >= 15 is 0 Å². The van der Waals surface area contributed by atoms with E-state index in [1.165, 1.54) is 17.0 Å². The van der Waals surface area contributed by atoms with Gasteiger partial charge in [-0.05, 0) is 37.3 Å². The van der Waals surface area contributed by atoms with E-state index in [1.54, 1.807) is 35.2 Å². The van der Waals surface area contributed by atoms with Gasteiger partial charge in [-0.25, -0.2) is 0 Å². The number of para-hydroxylation sites is 1. The first-order valence-corrected chi connectivity index (χ1v) is 8.00. The number of phenolic OH excluding ortho intramolecular Hbond substituents is 1. The van der Waals surface area contributed by atoms with Crippen molar-refractivity contribution in [2.24, 2.45) is 0 Å². The Morgan fingerprint density at radius 1 is 1.21 bits per heavy atom. The monoisotopic (exact) mass is 344 g/mol. The molecule has 1 saturated heterocycles. The van der Waals surface area contributed by atoms with Crippen LogP contribution in [0.25, 0.3) is 0 Å². The van der Waals surface area contributed by atoms with E-state index in [2.05, 4.69) is 0 Å². The molecule has 0 bridgehead atoms. The second-order valence-electron chi connectivity index (χ2n) is 5.79. The van der Waals surface area contributed by atoms with E-state index in [9.17, 15) is 14.7 Å². The normalized spacial score (nSPS) is 17.9. The van der Waals surface area contributed by atoms with Crippen molar-refractivity contribution in [3.63, 3.8) is 0 Å². The molecule has 1 heterocycles. The summed E-state index contributed by atoms with van der Waals surface area (Å²) in [5.74, 6) is -0.435. The van der Waals surface area contributed by atoms with Crippen molar-refractivity contribution in [3.05, 3.63) is 59.1 Å². The van der Waals surface area contributed by atoms with Crippen molar-refractivity contribution in [1.29, 1.82) is 0 Å². The summed E-state index contributed by atoms with van der Waals surface area (Å²) in [6.45, 7) is 2.23. The number of hydrogen-bond acceptors (Lipinski definition) is 3. The second-order valence-corrected chi connectivity index (χ2v) is 6.20. The number of anilines is 1. The van der Waals surface area contributed by atoms with Crippen LogP contribution >= 0.6 is 11.6 Å². The number of benzene rings is 2. The molecule has 1 aliphatic rings. The SMILES string of the molecule is C[C@@H]1CN(c2ccccc2Cl)C(=O)CN1C(=O)c1cccc(O)c1. The van der Waals surface area contributed by atoms with Crippen molar-refractivity contribution < 1.29 is 14.7 Å². The molecule has 0 aliphatic carbocycles. The van der Waals surface area contributed by atoms with E-state index < -0.39 is 0 Å². The predicted octanol–water partition coefficient (Wildman–Crippen LogP) is 2.92. The molecule has 2 aromatic rings. The zero-order valence-corrected chi connectivity index (χ0v) is 13.9. The number of piperazine rings is 1. The van der Waals surface area contributed by atoms with Crippen molar-refractivity contribution in [3.8, 4) is 5.75 Å². The summed E-state index contributed by atoms with van der Waals surface area (Å²) in [5.41, 5.74) is 1.02. The minimum Gasteiger partial charge on any atom is -0.508 e. The van der Waals surface area contributed by atoms with E-state index in [0.717, 1.165) is 0 Å². The van der Waals surface area contributed by atoms with Crippen LogP contribution in [-0.4, -0.2) is 41.0 Å². The summed E-state index contributed by atoms with van der Waals surface area (Å²) in [6.07, 6.45) is 0. The molecule has 24 heavy (non-hydrogen) atoms. The number of halogens is 1. The van der Waals surface area contributed by atoms with Gasteiger partial charge in [0.15, 0.2) is 0 Å². The molecule has 0 aromatic heterocycles.